The molecule has 0 aliphatic heterocycles. The molecule has 2 fully saturated rings. The van der Waals surface area contributed by atoms with E-state index in [1.54, 1.807) is 0 Å². The van der Waals surface area contributed by atoms with Crippen molar-refractivity contribution in [2.24, 2.45) is 11.8 Å². The monoisotopic (exact) mass is 562 g/mol. The van der Waals surface area contributed by atoms with Crippen LogP contribution in [0.3, 0.4) is 0 Å². The van der Waals surface area contributed by atoms with Gasteiger partial charge >= 0.3 is 12.0 Å². The first-order valence-electron chi connectivity index (χ1n) is 11.5. The van der Waals surface area contributed by atoms with Crippen molar-refractivity contribution >= 4 is 27.5 Å². The number of nitrogens with zero attached hydrogens (tertiary/aromatic N) is 1. The molecule has 0 radical (unpaired) electrons. The van der Waals surface area contributed by atoms with Crippen molar-refractivity contribution in [1.82, 2.24) is 5.32 Å². The van der Waals surface area contributed by atoms with Gasteiger partial charge in [-0.05, 0) is 62.1 Å². The largest absolute Gasteiger partial charge is 0.416 e. The lowest BCUT2D eigenvalue weighted by Gasteiger charge is -2.27. The number of hydrogen-bond donors (Lipinski definition) is 1. The number of esters is 1. The zero-order valence-electron chi connectivity index (χ0n) is 20.4. The Hall–Kier alpha value is -3.26. The lowest BCUT2D eigenvalue weighted by molar-refractivity contribution is 0.0714. The zero-order valence-corrected chi connectivity index (χ0v) is 21.2. The highest BCUT2D eigenvalue weighted by atomic mass is 32.2. The summed E-state index contributed by atoms with van der Waals surface area (Å²) in [5.41, 5.74) is -1.13. The van der Waals surface area contributed by atoms with Crippen LogP contribution in [0.1, 0.15) is 41.6 Å². The molecule has 4 rings (SSSR count). The van der Waals surface area contributed by atoms with Gasteiger partial charge in [0.15, 0.2) is 9.84 Å². The minimum Gasteiger partial charge on any atom is -0.416 e. The van der Waals surface area contributed by atoms with Gasteiger partial charge in [0.25, 0.3) is 0 Å². The first-order valence-corrected chi connectivity index (χ1v) is 13.4. The maximum absolute atomic E-state index is 14.1. The number of benzene rings is 2. The molecule has 8 nitrogen and oxygen atoms in total. The second-order valence-electron chi connectivity index (χ2n) is 9.27. The van der Waals surface area contributed by atoms with E-state index in [2.05, 4.69) is 10.1 Å². The quantitative estimate of drug-likeness (QED) is 0.126. The molecule has 0 atom stereocenters. The summed E-state index contributed by atoms with van der Waals surface area (Å²) in [7, 11) is -2.94. The molecular formula is C24H23F5N2O6S. The van der Waals surface area contributed by atoms with Crippen LogP contribution in [0.5, 0.6) is 5.75 Å². The molecular weight excluding hydrogens is 539 g/mol. The highest BCUT2D eigenvalue weighted by molar-refractivity contribution is 7.90. The number of carbonyl (C=O) groups is 2. The third-order valence-corrected chi connectivity index (χ3v) is 7.63. The number of amides is 2. The van der Waals surface area contributed by atoms with E-state index >= 15 is 0 Å². The average Bonchev–Trinajstić information content (AvgIpc) is 3.77. The Bertz CT molecular complexity index is 1390. The van der Waals surface area contributed by atoms with E-state index in [1.165, 1.54) is 6.92 Å². The van der Waals surface area contributed by atoms with Gasteiger partial charge in [-0.2, -0.15) is 13.8 Å². The van der Waals surface area contributed by atoms with Crippen molar-refractivity contribution in [2.45, 2.75) is 43.5 Å². The number of anilines is 1. The van der Waals surface area contributed by atoms with E-state index in [1.807, 2.05) is 0 Å². The molecule has 2 aliphatic rings. The average molecular weight is 563 g/mol. The van der Waals surface area contributed by atoms with Gasteiger partial charge in [0, 0.05) is 12.3 Å². The van der Waals surface area contributed by atoms with Crippen LogP contribution in [0.15, 0.2) is 17.0 Å². The molecule has 2 saturated carbocycles. The van der Waals surface area contributed by atoms with E-state index in [0.717, 1.165) is 51.2 Å². The topological polar surface area (TPSA) is 102 Å². The van der Waals surface area contributed by atoms with Crippen LogP contribution in [-0.4, -0.2) is 39.8 Å². The minimum atomic E-state index is -4.03. The Morgan fingerprint density at radius 1 is 0.947 bits per heavy atom. The number of sulfone groups is 1. The van der Waals surface area contributed by atoms with Gasteiger partial charge in [0.2, 0.25) is 34.8 Å². The van der Waals surface area contributed by atoms with Crippen LogP contribution in [0.25, 0.3) is 0 Å². The van der Waals surface area contributed by atoms with Gasteiger partial charge in [-0.25, -0.2) is 31.2 Å². The normalized spacial score (nSPS) is 15.5. The summed E-state index contributed by atoms with van der Waals surface area (Å²) in [6.45, 7) is 1.21. The standard InChI is InChI=1S/C24H23F5N2O6S/c1-10-13(23(32)37-22-18(28)16(26)15(25)17(27)19(22)29)8-9-14(38(3,34)35)21(10)31(36-2)24(33)30-20(11-4-5-11)12-6-7-12/h8-9,11-12,20H,4-7H2,1-3H3,(H,30,33). The number of nitrogens with one attached hydrogen (secondary N) is 1. The molecule has 0 bridgehead atoms. The number of halogens is 5. The van der Waals surface area contributed by atoms with Crippen LogP contribution in [0.4, 0.5) is 32.4 Å². The second kappa shape index (κ2) is 10.1. The molecule has 0 unspecified atom stereocenters. The molecule has 14 heteroatoms. The number of hydrogen-bond acceptors (Lipinski definition) is 6. The first-order chi connectivity index (χ1) is 17.8. The SMILES string of the molecule is CON(C(=O)NC(C1CC1)C1CC1)c1c(S(C)(=O)=O)ccc(C(=O)Oc2c(F)c(F)c(F)c(F)c2F)c1C. The summed E-state index contributed by atoms with van der Waals surface area (Å²) in [6.07, 6.45) is 4.57. The predicted molar refractivity (Wildman–Crippen MR) is 123 cm³/mol. The Labute approximate surface area is 214 Å². The third kappa shape index (κ3) is 5.19. The number of rotatable bonds is 8. The maximum Gasteiger partial charge on any atom is 0.346 e. The zero-order chi connectivity index (χ0) is 28.1. The molecule has 2 aromatic carbocycles. The number of ether oxygens (including phenoxy) is 1. The van der Waals surface area contributed by atoms with Crippen molar-refractivity contribution in [3.63, 3.8) is 0 Å². The Balaban J connectivity index is 1.74. The number of carbonyl (C=O) groups excluding carboxylic acids is 2. The molecule has 0 heterocycles. The van der Waals surface area contributed by atoms with E-state index in [0.29, 0.717) is 5.06 Å². The predicted octanol–water partition coefficient (Wildman–Crippen LogP) is 4.58. The number of urea groups is 1. The first kappa shape index (κ1) is 27.8. The van der Waals surface area contributed by atoms with Gasteiger partial charge in [0.05, 0.1) is 23.3 Å². The summed E-state index contributed by atoms with van der Waals surface area (Å²) >= 11 is 0. The highest BCUT2D eigenvalue weighted by Gasteiger charge is 2.43. The van der Waals surface area contributed by atoms with Crippen molar-refractivity contribution in [1.29, 1.82) is 0 Å². The third-order valence-electron chi connectivity index (χ3n) is 6.50. The van der Waals surface area contributed by atoms with Crippen LogP contribution in [0, 0.1) is 47.8 Å². The highest BCUT2D eigenvalue weighted by Crippen LogP contribution is 2.45. The summed E-state index contributed by atoms with van der Waals surface area (Å²) in [5.74, 6) is -14.7. The lowest BCUT2D eigenvalue weighted by Crippen LogP contribution is -2.47. The summed E-state index contributed by atoms with van der Waals surface area (Å²) in [4.78, 5) is 30.8. The molecule has 206 valence electrons. The molecule has 2 aromatic rings. The van der Waals surface area contributed by atoms with E-state index < -0.39 is 67.1 Å². The Kier molecular flexibility index (Phi) is 7.40. The van der Waals surface area contributed by atoms with Gasteiger partial charge < -0.3 is 10.1 Å². The van der Waals surface area contributed by atoms with E-state index in [4.69, 9.17) is 4.84 Å². The van der Waals surface area contributed by atoms with Gasteiger partial charge in [-0.3, -0.25) is 4.84 Å². The molecule has 0 aromatic heterocycles. The maximum atomic E-state index is 14.1. The molecule has 0 spiro atoms. The Morgan fingerprint density at radius 2 is 1.45 bits per heavy atom. The molecule has 2 aliphatic carbocycles. The lowest BCUT2D eigenvalue weighted by atomic mass is 10.1. The van der Waals surface area contributed by atoms with Crippen LogP contribution < -0.4 is 15.1 Å². The van der Waals surface area contributed by atoms with Crippen molar-refractivity contribution < 1.29 is 49.5 Å². The fourth-order valence-electron chi connectivity index (χ4n) is 4.28. The Morgan fingerprint density at radius 3 is 1.89 bits per heavy atom. The second-order valence-corrected chi connectivity index (χ2v) is 11.3. The van der Waals surface area contributed by atoms with E-state index in [9.17, 15) is 40.0 Å². The fraction of sp³-hybridized carbons (Fsp3) is 0.417. The van der Waals surface area contributed by atoms with Crippen molar-refractivity contribution in [3.05, 3.63) is 52.3 Å². The van der Waals surface area contributed by atoms with Crippen LogP contribution >= 0.6 is 0 Å². The minimum absolute atomic E-state index is 0.149. The van der Waals surface area contributed by atoms with E-state index in [-0.39, 0.29) is 29.1 Å². The fourth-order valence-corrected chi connectivity index (χ4v) is 5.18. The number of hydroxylamine groups is 1. The van der Waals surface area contributed by atoms with Gasteiger partial charge in [-0.1, -0.05) is 0 Å². The van der Waals surface area contributed by atoms with Crippen molar-refractivity contribution in [2.75, 3.05) is 18.4 Å². The molecule has 2 amide bonds. The smallest absolute Gasteiger partial charge is 0.346 e. The summed E-state index contributed by atoms with van der Waals surface area (Å²) in [5, 5.41) is 3.49. The molecule has 1 N–H and O–H groups in total. The van der Waals surface area contributed by atoms with Crippen LogP contribution in [-0.2, 0) is 14.7 Å². The molecule has 38 heavy (non-hydrogen) atoms. The van der Waals surface area contributed by atoms with Crippen molar-refractivity contribution in [3.8, 4) is 5.75 Å². The summed E-state index contributed by atoms with van der Waals surface area (Å²) in [6, 6.07) is 0.900. The van der Waals surface area contributed by atoms with Gasteiger partial charge in [0.1, 0.15) is 0 Å². The van der Waals surface area contributed by atoms with Gasteiger partial charge in [-0.15, -0.1) is 0 Å². The van der Waals surface area contributed by atoms with Crippen LogP contribution in [0.2, 0.25) is 0 Å². The summed E-state index contributed by atoms with van der Waals surface area (Å²) < 4.78 is 98.2. The molecule has 0 saturated heterocycles.